The topological polar surface area (TPSA) is 62.7 Å². The minimum atomic E-state index is -0.387. The first kappa shape index (κ1) is 23.0. The predicted octanol–water partition coefficient (Wildman–Crippen LogP) is 6.13. The highest BCUT2D eigenvalue weighted by Gasteiger charge is 2.15. The van der Waals surface area contributed by atoms with E-state index in [0.29, 0.717) is 18.8 Å². The Morgan fingerprint density at radius 2 is 1.65 bits per heavy atom. The van der Waals surface area contributed by atoms with Gasteiger partial charge >= 0.3 is 0 Å². The van der Waals surface area contributed by atoms with Gasteiger partial charge in [0.1, 0.15) is 18.4 Å². The average Bonchev–Trinajstić information content (AvgIpc) is 2.79. The van der Waals surface area contributed by atoms with E-state index in [0.717, 1.165) is 25.8 Å². The number of halogens is 2. The van der Waals surface area contributed by atoms with Crippen molar-refractivity contribution in [2.75, 3.05) is 5.32 Å². The zero-order valence-electron chi connectivity index (χ0n) is 17.0. The van der Waals surface area contributed by atoms with E-state index in [-0.39, 0.29) is 11.9 Å². The van der Waals surface area contributed by atoms with Crippen LogP contribution in [0.25, 0.3) is 0 Å². The van der Waals surface area contributed by atoms with Gasteiger partial charge in [-0.15, -0.1) is 0 Å². The summed E-state index contributed by atoms with van der Waals surface area (Å²) in [4.78, 5) is 12.5. The Hall–Kier alpha value is -2.64. The van der Waals surface area contributed by atoms with E-state index in [9.17, 15) is 4.79 Å². The molecule has 0 aromatic heterocycles. The zero-order valence-corrected chi connectivity index (χ0v) is 20.2. The summed E-state index contributed by atoms with van der Waals surface area (Å²) in [5.74, 6) is 0.498. The lowest BCUT2D eigenvalue weighted by Crippen LogP contribution is -2.36. The first-order valence-electron chi connectivity index (χ1n) is 9.86. The summed E-state index contributed by atoms with van der Waals surface area (Å²) in [6, 6.07) is 22.9. The molecule has 0 fully saturated rings. The Kier molecular flexibility index (Phi) is 8.67. The maximum Gasteiger partial charge on any atom is 0.262 e. The molecule has 0 aliphatic carbocycles. The van der Waals surface area contributed by atoms with Crippen LogP contribution in [0.15, 0.2) is 86.8 Å². The summed E-state index contributed by atoms with van der Waals surface area (Å²) in [6.45, 7) is 2.39. The molecule has 0 bridgehead atoms. The van der Waals surface area contributed by atoms with Crippen LogP contribution in [0, 0.1) is 0 Å². The van der Waals surface area contributed by atoms with Crippen LogP contribution in [0.5, 0.6) is 5.75 Å². The molecule has 3 aromatic rings. The molecule has 0 saturated carbocycles. The Morgan fingerprint density at radius 3 is 2.32 bits per heavy atom. The van der Waals surface area contributed by atoms with E-state index < -0.39 is 0 Å². The van der Waals surface area contributed by atoms with Crippen molar-refractivity contribution in [3.8, 4) is 5.75 Å². The van der Waals surface area contributed by atoms with Crippen molar-refractivity contribution in [2.45, 2.75) is 26.0 Å². The van der Waals surface area contributed by atoms with Gasteiger partial charge in [0.15, 0.2) is 0 Å². The molecule has 0 aliphatic heterocycles. The van der Waals surface area contributed by atoms with Gasteiger partial charge in [0.25, 0.3) is 5.91 Å². The number of hydrazone groups is 1. The van der Waals surface area contributed by atoms with Gasteiger partial charge in [-0.05, 0) is 60.5 Å². The van der Waals surface area contributed by atoms with E-state index in [1.54, 1.807) is 6.21 Å². The number of rotatable bonds is 9. The molecule has 0 heterocycles. The molecule has 3 rings (SSSR count). The lowest BCUT2D eigenvalue weighted by Gasteiger charge is -2.16. The van der Waals surface area contributed by atoms with Crippen molar-refractivity contribution in [1.29, 1.82) is 0 Å². The minimum Gasteiger partial charge on any atom is -0.488 e. The number of hydrogen-bond donors (Lipinski definition) is 2. The fourth-order valence-corrected chi connectivity index (χ4v) is 3.33. The molecule has 7 heteroatoms. The van der Waals surface area contributed by atoms with Crippen LogP contribution in [-0.2, 0) is 11.4 Å². The second-order valence-electron chi connectivity index (χ2n) is 6.80. The number of carbonyl (C=O) groups is 1. The summed E-state index contributed by atoms with van der Waals surface area (Å²) in [5.41, 5.74) is 5.34. The van der Waals surface area contributed by atoms with Gasteiger partial charge in [-0.25, -0.2) is 5.43 Å². The number of carbonyl (C=O) groups excluding carboxylic acids is 1. The van der Waals surface area contributed by atoms with Gasteiger partial charge < -0.3 is 10.1 Å². The van der Waals surface area contributed by atoms with Crippen LogP contribution >= 0.6 is 31.9 Å². The van der Waals surface area contributed by atoms with Crippen molar-refractivity contribution in [2.24, 2.45) is 5.10 Å². The van der Waals surface area contributed by atoms with Crippen molar-refractivity contribution < 1.29 is 9.53 Å². The van der Waals surface area contributed by atoms with E-state index in [1.807, 2.05) is 79.7 Å². The highest BCUT2D eigenvalue weighted by atomic mass is 79.9. The Morgan fingerprint density at radius 1 is 1.00 bits per heavy atom. The lowest BCUT2D eigenvalue weighted by atomic mass is 10.2. The minimum absolute atomic E-state index is 0.199. The second kappa shape index (κ2) is 11.7. The highest BCUT2D eigenvalue weighted by molar-refractivity contribution is 9.10. The monoisotopic (exact) mass is 543 g/mol. The van der Waals surface area contributed by atoms with Crippen LogP contribution in [0.2, 0.25) is 0 Å². The third-order valence-corrected chi connectivity index (χ3v) is 5.57. The number of ether oxygens (including phenoxy) is 1. The van der Waals surface area contributed by atoms with Crippen molar-refractivity contribution >= 4 is 49.7 Å². The maximum absolute atomic E-state index is 12.5. The fourth-order valence-electron chi connectivity index (χ4n) is 2.80. The number of anilines is 1. The molecule has 5 nitrogen and oxygen atoms in total. The molecule has 1 amide bonds. The van der Waals surface area contributed by atoms with E-state index in [4.69, 9.17) is 4.74 Å². The van der Waals surface area contributed by atoms with E-state index >= 15 is 0 Å². The molecule has 31 heavy (non-hydrogen) atoms. The number of para-hydroxylation sites is 1. The summed E-state index contributed by atoms with van der Waals surface area (Å²) in [7, 11) is 0. The van der Waals surface area contributed by atoms with E-state index in [2.05, 4.69) is 47.7 Å². The quantitative estimate of drug-likeness (QED) is 0.251. The van der Waals surface area contributed by atoms with Crippen molar-refractivity contribution in [1.82, 2.24) is 5.43 Å². The number of nitrogens with one attached hydrogen (secondary N) is 2. The molecule has 2 N–H and O–H groups in total. The standard InChI is InChI=1S/C24H23Br2N3O2/c1-2-22(28-21-13-11-20(26)12-14-21)24(30)29-27-15-18-5-3-4-6-23(18)31-16-17-7-9-19(25)10-8-17/h3-15,22,28H,2,16H2,1H3,(H,29,30)/b27-15-/t22-/m1/s1. The van der Waals surface area contributed by atoms with Crippen LogP contribution in [-0.4, -0.2) is 18.2 Å². The summed E-state index contributed by atoms with van der Waals surface area (Å²) >= 11 is 6.84. The first-order chi connectivity index (χ1) is 15.0. The molecule has 0 spiro atoms. The Balaban J connectivity index is 1.58. The van der Waals surface area contributed by atoms with Crippen LogP contribution < -0.4 is 15.5 Å². The smallest absolute Gasteiger partial charge is 0.262 e. The van der Waals surface area contributed by atoms with Crippen molar-refractivity contribution in [3.05, 3.63) is 92.9 Å². The highest BCUT2D eigenvalue weighted by Crippen LogP contribution is 2.19. The largest absolute Gasteiger partial charge is 0.488 e. The van der Waals surface area contributed by atoms with Crippen LogP contribution in [0.4, 0.5) is 5.69 Å². The molecular weight excluding hydrogens is 522 g/mol. The van der Waals surface area contributed by atoms with Gasteiger partial charge in [-0.1, -0.05) is 63.0 Å². The van der Waals surface area contributed by atoms with Crippen molar-refractivity contribution in [3.63, 3.8) is 0 Å². The number of benzene rings is 3. The van der Waals surface area contributed by atoms with Gasteiger partial charge in [-0.3, -0.25) is 4.79 Å². The molecular formula is C24H23Br2N3O2. The molecule has 0 aliphatic rings. The van der Waals surface area contributed by atoms with E-state index in [1.165, 1.54) is 0 Å². The number of amides is 1. The third kappa shape index (κ3) is 7.22. The number of nitrogens with zero attached hydrogens (tertiary/aromatic N) is 1. The van der Waals surface area contributed by atoms with Gasteiger partial charge in [0, 0.05) is 20.2 Å². The maximum atomic E-state index is 12.5. The van der Waals surface area contributed by atoms with Crippen LogP contribution in [0.1, 0.15) is 24.5 Å². The normalized spacial score (nSPS) is 11.8. The van der Waals surface area contributed by atoms with Gasteiger partial charge in [0.2, 0.25) is 0 Å². The van der Waals surface area contributed by atoms with Gasteiger partial charge in [-0.2, -0.15) is 5.10 Å². The Labute approximate surface area is 199 Å². The molecule has 1 atom stereocenters. The molecule has 0 saturated heterocycles. The molecule has 0 radical (unpaired) electrons. The summed E-state index contributed by atoms with van der Waals surface area (Å²) < 4.78 is 7.96. The average molecular weight is 545 g/mol. The zero-order chi connectivity index (χ0) is 22.1. The first-order valence-corrected chi connectivity index (χ1v) is 11.4. The summed E-state index contributed by atoms with van der Waals surface area (Å²) in [5, 5.41) is 7.36. The predicted molar refractivity (Wildman–Crippen MR) is 132 cm³/mol. The number of hydrogen-bond acceptors (Lipinski definition) is 4. The molecule has 3 aromatic carbocycles. The SMILES string of the molecule is CC[C@@H](Nc1ccc(Br)cc1)C(=O)N/N=C\c1ccccc1OCc1ccc(Br)cc1. The second-order valence-corrected chi connectivity index (χ2v) is 8.63. The Bertz CT molecular complexity index is 1020. The van der Waals surface area contributed by atoms with Gasteiger partial charge in [0.05, 0.1) is 6.21 Å². The molecule has 160 valence electrons. The molecule has 0 unspecified atom stereocenters. The fraction of sp³-hybridized carbons (Fsp3) is 0.167. The summed E-state index contributed by atoms with van der Waals surface area (Å²) in [6.07, 6.45) is 2.23. The third-order valence-electron chi connectivity index (χ3n) is 4.51. The van der Waals surface area contributed by atoms with Crippen LogP contribution in [0.3, 0.4) is 0 Å². The lowest BCUT2D eigenvalue weighted by molar-refractivity contribution is -0.121.